The molecular formula is C61H38N4. The Balaban J connectivity index is 1.05. The number of para-hydroxylation sites is 1. The first kappa shape index (κ1) is 36.9. The van der Waals surface area contributed by atoms with Gasteiger partial charge in [-0.1, -0.05) is 188 Å². The smallest absolute Gasteiger partial charge is 0.164 e. The zero-order chi connectivity index (χ0) is 42.8. The van der Waals surface area contributed by atoms with Crippen LogP contribution in [0.25, 0.3) is 127 Å². The zero-order valence-corrected chi connectivity index (χ0v) is 35.2. The van der Waals surface area contributed by atoms with Gasteiger partial charge in [0.15, 0.2) is 17.5 Å². The fourth-order valence-electron chi connectivity index (χ4n) is 10.00. The molecule has 0 aliphatic carbocycles. The standard InChI is InChI=1S/C61H38N4/c1-4-17-39(18-5-1)42-32-34-56-54(36-42)49-27-14-15-29-55(49)65(56)57-30-16-28-50-47-25-12-13-26-48(47)53-37-44(31-33-51(53)58(50)57)52-38-45(35-43-23-10-11-24-46(43)52)61-63-59(40-19-6-2-7-20-40)62-60(64-61)41-21-8-3-9-22-41/h1-38H. The third-order valence-corrected chi connectivity index (χ3v) is 13.0. The quantitative estimate of drug-likeness (QED) is 0.157. The molecule has 0 aliphatic rings. The maximum absolute atomic E-state index is 5.14. The van der Waals surface area contributed by atoms with Crippen molar-refractivity contribution in [3.63, 3.8) is 0 Å². The van der Waals surface area contributed by atoms with E-state index in [9.17, 15) is 0 Å². The summed E-state index contributed by atoms with van der Waals surface area (Å²) in [6, 6.07) is 82.6. The Hall–Kier alpha value is -8.73. The predicted octanol–water partition coefficient (Wildman–Crippen LogP) is 15.9. The molecule has 2 heterocycles. The minimum atomic E-state index is 0.633. The lowest BCUT2D eigenvalue weighted by atomic mass is 9.89. The molecule has 0 radical (unpaired) electrons. The van der Waals surface area contributed by atoms with E-state index in [0.29, 0.717) is 17.5 Å². The maximum Gasteiger partial charge on any atom is 0.164 e. The average Bonchev–Trinajstić information content (AvgIpc) is 3.72. The lowest BCUT2D eigenvalue weighted by Gasteiger charge is -2.18. The number of rotatable bonds is 6. The first-order valence-electron chi connectivity index (χ1n) is 22.1. The number of nitrogens with zero attached hydrogens (tertiary/aromatic N) is 4. The Morgan fingerprint density at radius 1 is 0.262 bits per heavy atom. The highest BCUT2D eigenvalue weighted by Gasteiger charge is 2.20. The number of benzene rings is 11. The molecule has 0 saturated heterocycles. The second-order valence-corrected chi connectivity index (χ2v) is 16.7. The van der Waals surface area contributed by atoms with Crippen LogP contribution in [0.3, 0.4) is 0 Å². The monoisotopic (exact) mass is 826 g/mol. The minimum absolute atomic E-state index is 0.633. The third kappa shape index (κ3) is 6.11. The van der Waals surface area contributed by atoms with Crippen molar-refractivity contribution in [2.75, 3.05) is 0 Å². The van der Waals surface area contributed by atoms with Crippen LogP contribution in [0.2, 0.25) is 0 Å². The Bertz CT molecular complexity index is 3930. The van der Waals surface area contributed by atoms with Gasteiger partial charge in [-0.2, -0.15) is 0 Å². The molecule has 2 aromatic heterocycles. The van der Waals surface area contributed by atoms with E-state index >= 15 is 0 Å². The van der Waals surface area contributed by atoms with Crippen molar-refractivity contribution in [3.05, 3.63) is 231 Å². The normalized spacial score (nSPS) is 11.7. The van der Waals surface area contributed by atoms with Gasteiger partial charge in [-0.3, -0.25) is 0 Å². The van der Waals surface area contributed by atoms with Crippen LogP contribution in [0.1, 0.15) is 0 Å². The highest BCUT2D eigenvalue weighted by Crippen LogP contribution is 2.44. The van der Waals surface area contributed by atoms with E-state index in [2.05, 4.69) is 199 Å². The van der Waals surface area contributed by atoms with Crippen LogP contribution < -0.4 is 0 Å². The minimum Gasteiger partial charge on any atom is -0.309 e. The van der Waals surface area contributed by atoms with Gasteiger partial charge in [0.1, 0.15) is 0 Å². The largest absolute Gasteiger partial charge is 0.309 e. The van der Waals surface area contributed by atoms with Crippen molar-refractivity contribution in [3.8, 4) is 62.1 Å². The molecule has 0 bridgehead atoms. The summed E-state index contributed by atoms with van der Waals surface area (Å²) in [5.41, 5.74) is 11.0. The molecule has 13 rings (SSSR count). The maximum atomic E-state index is 5.14. The average molecular weight is 827 g/mol. The first-order chi connectivity index (χ1) is 32.2. The molecule has 65 heavy (non-hydrogen) atoms. The van der Waals surface area contributed by atoms with E-state index in [1.54, 1.807) is 0 Å². The number of fused-ring (bicyclic) bond motifs is 10. The van der Waals surface area contributed by atoms with Gasteiger partial charge in [0.25, 0.3) is 0 Å². The molecule has 0 saturated carbocycles. The number of hydrogen-bond acceptors (Lipinski definition) is 3. The van der Waals surface area contributed by atoms with E-state index in [4.69, 9.17) is 15.0 Å². The molecule has 0 unspecified atom stereocenters. The third-order valence-electron chi connectivity index (χ3n) is 13.0. The second kappa shape index (κ2) is 15.0. The lowest BCUT2D eigenvalue weighted by molar-refractivity contribution is 1.07. The predicted molar refractivity (Wildman–Crippen MR) is 271 cm³/mol. The van der Waals surface area contributed by atoms with Gasteiger partial charge in [0.2, 0.25) is 0 Å². The SMILES string of the molecule is c1ccc(-c2ccc3c(c2)c2ccccc2n3-c2cccc3c4ccccc4c4cc(-c5cc(-c6nc(-c7ccccc7)nc(-c7ccccc7)n6)cc6ccccc56)ccc4c23)cc1. The Morgan fingerprint density at radius 2 is 0.769 bits per heavy atom. The van der Waals surface area contributed by atoms with Gasteiger partial charge in [0, 0.05) is 32.8 Å². The molecule has 0 fully saturated rings. The van der Waals surface area contributed by atoms with E-state index in [-0.39, 0.29) is 0 Å². The topological polar surface area (TPSA) is 43.6 Å². The van der Waals surface area contributed by atoms with Crippen LogP contribution in [-0.4, -0.2) is 19.5 Å². The fourth-order valence-corrected chi connectivity index (χ4v) is 10.00. The number of aromatic nitrogens is 4. The second-order valence-electron chi connectivity index (χ2n) is 16.7. The van der Waals surface area contributed by atoms with Gasteiger partial charge in [-0.25, -0.2) is 15.0 Å². The van der Waals surface area contributed by atoms with Crippen LogP contribution >= 0.6 is 0 Å². The van der Waals surface area contributed by atoms with E-state index in [1.807, 2.05) is 36.4 Å². The lowest BCUT2D eigenvalue weighted by Crippen LogP contribution is -2.00. The number of hydrogen-bond donors (Lipinski definition) is 0. The van der Waals surface area contributed by atoms with E-state index in [0.717, 1.165) is 38.9 Å². The highest BCUT2D eigenvalue weighted by atomic mass is 15.0. The molecule has 0 aliphatic heterocycles. The van der Waals surface area contributed by atoms with Crippen LogP contribution in [0, 0.1) is 0 Å². The molecule has 13 aromatic rings. The first-order valence-corrected chi connectivity index (χ1v) is 22.1. The summed E-state index contributed by atoms with van der Waals surface area (Å²) in [6.45, 7) is 0. The van der Waals surface area contributed by atoms with Crippen molar-refractivity contribution < 1.29 is 0 Å². The van der Waals surface area contributed by atoms with E-state index in [1.165, 1.54) is 70.6 Å². The molecular weight excluding hydrogens is 789 g/mol. The summed E-state index contributed by atoms with van der Waals surface area (Å²) >= 11 is 0. The Labute approximate surface area is 375 Å². The van der Waals surface area contributed by atoms with Crippen molar-refractivity contribution in [1.29, 1.82) is 0 Å². The summed E-state index contributed by atoms with van der Waals surface area (Å²) in [4.78, 5) is 15.3. The fraction of sp³-hybridized carbons (Fsp3) is 0. The van der Waals surface area contributed by atoms with Gasteiger partial charge in [0.05, 0.1) is 16.7 Å². The summed E-state index contributed by atoms with van der Waals surface area (Å²) in [5.74, 6) is 1.92. The van der Waals surface area contributed by atoms with Crippen molar-refractivity contribution >= 4 is 64.9 Å². The summed E-state index contributed by atoms with van der Waals surface area (Å²) in [5, 5.41) is 12.1. The van der Waals surface area contributed by atoms with Gasteiger partial charge < -0.3 is 4.57 Å². The van der Waals surface area contributed by atoms with Crippen molar-refractivity contribution in [2.45, 2.75) is 0 Å². The van der Waals surface area contributed by atoms with Gasteiger partial charge >= 0.3 is 0 Å². The molecule has 4 nitrogen and oxygen atoms in total. The molecule has 0 N–H and O–H groups in total. The van der Waals surface area contributed by atoms with Gasteiger partial charge in [-0.15, -0.1) is 0 Å². The van der Waals surface area contributed by atoms with Gasteiger partial charge in [-0.05, 0) is 102 Å². The van der Waals surface area contributed by atoms with Crippen LogP contribution in [0.15, 0.2) is 231 Å². The Kier molecular flexibility index (Phi) is 8.50. The molecule has 0 atom stereocenters. The van der Waals surface area contributed by atoms with Crippen molar-refractivity contribution in [2.24, 2.45) is 0 Å². The molecule has 302 valence electrons. The summed E-state index contributed by atoms with van der Waals surface area (Å²) in [6.07, 6.45) is 0. The van der Waals surface area contributed by atoms with Crippen LogP contribution in [0.5, 0.6) is 0 Å². The van der Waals surface area contributed by atoms with Crippen molar-refractivity contribution in [1.82, 2.24) is 19.5 Å². The summed E-state index contributed by atoms with van der Waals surface area (Å²) < 4.78 is 2.48. The van der Waals surface area contributed by atoms with Crippen LogP contribution in [0.4, 0.5) is 0 Å². The zero-order valence-electron chi connectivity index (χ0n) is 35.2. The van der Waals surface area contributed by atoms with Crippen LogP contribution in [-0.2, 0) is 0 Å². The molecule has 0 amide bonds. The summed E-state index contributed by atoms with van der Waals surface area (Å²) in [7, 11) is 0. The molecule has 4 heteroatoms. The highest BCUT2D eigenvalue weighted by molar-refractivity contribution is 6.28. The molecule has 0 spiro atoms. The molecule has 11 aromatic carbocycles. The Morgan fingerprint density at radius 3 is 1.48 bits per heavy atom. The van der Waals surface area contributed by atoms with E-state index < -0.39 is 0 Å².